The van der Waals surface area contributed by atoms with Crippen molar-refractivity contribution in [2.24, 2.45) is 0 Å². The molecule has 1 aromatic carbocycles. The lowest BCUT2D eigenvalue weighted by Gasteiger charge is -2.22. The molecule has 0 aromatic heterocycles. The Balaban J connectivity index is 1.71. The van der Waals surface area contributed by atoms with Gasteiger partial charge >= 0.3 is 6.09 Å². The van der Waals surface area contributed by atoms with Crippen LogP contribution in [0, 0.1) is 0 Å². The number of amides is 1. The molecule has 1 aromatic rings. The Bertz CT molecular complexity index is 552. The molecular formula is C19H31N3O2. The molecule has 3 N–H and O–H groups in total. The molecule has 0 radical (unpaired) electrons. The standard InChI is InChI=1S/C19H31N3O2/c1-14(22-18(23)24-19(2,3)4)10-12-20-13-16-8-5-7-15-9-6-11-21-17(15)16/h5,7-8,14,20-21H,6,9-13H2,1-4H3,(H,22,23). The van der Waals surface area contributed by atoms with Gasteiger partial charge in [-0.3, -0.25) is 0 Å². The third-order valence-electron chi connectivity index (χ3n) is 3.99. The second kappa shape index (κ2) is 8.38. The molecule has 5 heteroatoms. The van der Waals surface area contributed by atoms with Gasteiger partial charge in [0.2, 0.25) is 0 Å². The molecule has 134 valence electrons. The van der Waals surface area contributed by atoms with Gasteiger partial charge in [0, 0.05) is 24.8 Å². The van der Waals surface area contributed by atoms with E-state index < -0.39 is 5.60 Å². The smallest absolute Gasteiger partial charge is 0.407 e. The van der Waals surface area contributed by atoms with Gasteiger partial charge in [-0.25, -0.2) is 4.79 Å². The van der Waals surface area contributed by atoms with E-state index >= 15 is 0 Å². The van der Waals surface area contributed by atoms with Crippen molar-refractivity contribution in [1.29, 1.82) is 0 Å². The molecule has 0 aliphatic carbocycles. The summed E-state index contributed by atoms with van der Waals surface area (Å²) in [7, 11) is 0. The number of carbonyl (C=O) groups excluding carboxylic acids is 1. The summed E-state index contributed by atoms with van der Waals surface area (Å²) in [6.07, 6.45) is 2.88. The number of anilines is 1. The lowest BCUT2D eigenvalue weighted by Crippen LogP contribution is -2.38. The van der Waals surface area contributed by atoms with Gasteiger partial charge in [0.05, 0.1) is 0 Å². The predicted molar refractivity (Wildman–Crippen MR) is 98.4 cm³/mol. The quantitative estimate of drug-likeness (QED) is 0.698. The number of hydrogen-bond donors (Lipinski definition) is 3. The minimum Gasteiger partial charge on any atom is -0.444 e. The zero-order valence-corrected chi connectivity index (χ0v) is 15.4. The Labute approximate surface area is 145 Å². The van der Waals surface area contributed by atoms with Crippen LogP contribution < -0.4 is 16.0 Å². The molecule has 0 bridgehead atoms. The molecule has 1 unspecified atom stereocenters. The first kappa shape index (κ1) is 18.6. The molecular weight excluding hydrogens is 302 g/mol. The fourth-order valence-electron chi connectivity index (χ4n) is 2.85. The van der Waals surface area contributed by atoms with Crippen molar-refractivity contribution in [2.45, 2.75) is 65.1 Å². The van der Waals surface area contributed by atoms with E-state index in [0.717, 1.165) is 32.5 Å². The molecule has 0 fully saturated rings. The maximum Gasteiger partial charge on any atom is 0.407 e. The summed E-state index contributed by atoms with van der Waals surface area (Å²) in [5.41, 5.74) is 3.58. The van der Waals surface area contributed by atoms with E-state index in [2.05, 4.69) is 34.1 Å². The summed E-state index contributed by atoms with van der Waals surface area (Å²) < 4.78 is 5.27. The third-order valence-corrected chi connectivity index (χ3v) is 3.99. The van der Waals surface area contributed by atoms with Crippen molar-refractivity contribution in [3.63, 3.8) is 0 Å². The van der Waals surface area contributed by atoms with Gasteiger partial charge in [-0.05, 0) is 64.6 Å². The van der Waals surface area contributed by atoms with Crippen LogP contribution in [0.3, 0.4) is 0 Å². The molecule has 1 atom stereocenters. The monoisotopic (exact) mass is 333 g/mol. The van der Waals surface area contributed by atoms with E-state index in [1.807, 2.05) is 27.7 Å². The maximum absolute atomic E-state index is 11.7. The van der Waals surface area contributed by atoms with E-state index in [0.29, 0.717) is 0 Å². The van der Waals surface area contributed by atoms with E-state index in [-0.39, 0.29) is 12.1 Å². The Kier molecular flexibility index (Phi) is 6.49. The first-order chi connectivity index (χ1) is 11.3. The minimum absolute atomic E-state index is 0.0789. The fourth-order valence-corrected chi connectivity index (χ4v) is 2.85. The zero-order chi connectivity index (χ0) is 17.6. The SMILES string of the molecule is CC(CCNCc1cccc2c1NCCC2)NC(=O)OC(C)(C)C. The highest BCUT2D eigenvalue weighted by atomic mass is 16.6. The highest BCUT2D eigenvalue weighted by molar-refractivity contribution is 5.68. The number of carbonyl (C=O) groups is 1. The fraction of sp³-hybridized carbons (Fsp3) is 0.632. The number of para-hydroxylation sites is 1. The summed E-state index contributed by atoms with van der Waals surface area (Å²) >= 11 is 0. The largest absolute Gasteiger partial charge is 0.444 e. The van der Waals surface area contributed by atoms with Gasteiger partial charge in [0.15, 0.2) is 0 Å². The van der Waals surface area contributed by atoms with Crippen molar-refractivity contribution >= 4 is 11.8 Å². The van der Waals surface area contributed by atoms with E-state index in [4.69, 9.17) is 4.74 Å². The average Bonchev–Trinajstić information content (AvgIpc) is 2.49. The number of rotatable bonds is 6. The van der Waals surface area contributed by atoms with Gasteiger partial charge in [-0.15, -0.1) is 0 Å². The van der Waals surface area contributed by atoms with E-state index in [9.17, 15) is 4.79 Å². The number of aryl methyl sites for hydroxylation is 1. The molecule has 2 rings (SSSR count). The van der Waals surface area contributed by atoms with Crippen molar-refractivity contribution in [3.05, 3.63) is 29.3 Å². The molecule has 24 heavy (non-hydrogen) atoms. The van der Waals surface area contributed by atoms with Crippen LogP contribution in [0.25, 0.3) is 0 Å². The minimum atomic E-state index is -0.457. The van der Waals surface area contributed by atoms with Crippen LogP contribution in [0.2, 0.25) is 0 Å². The van der Waals surface area contributed by atoms with Crippen LogP contribution in [0.4, 0.5) is 10.5 Å². The van der Waals surface area contributed by atoms with Crippen LogP contribution in [0.1, 0.15) is 51.7 Å². The van der Waals surface area contributed by atoms with Gasteiger partial charge in [-0.1, -0.05) is 18.2 Å². The highest BCUT2D eigenvalue weighted by Crippen LogP contribution is 2.25. The second-order valence-corrected chi connectivity index (χ2v) is 7.49. The third kappa shape index (κ3) is 6.04. The summed E-state index contributed by atoms with van der Waals surface area (Å²) in [6.45, 7) is 10.3. The molecule has 1 aliphatic rings. The van der Waals surface area contributed by atoms with Crippen molar-refractivity contribution < 1.29 is 9.53 Å². The second-order valence-electron chi connectivity index (χ2n) is 7.49. The van der Waals surface area contributed by atoms with Crippen molar-refractivity contribution in [2.75, 3.05) is 18.4 Å². The van der Waals surface area contributed by atoms with E-state index in [1.165, 1.54) is 23.2 Å². The number of hydrogen-bond acceptors (Lipinski definition) is 4. The first-order valence-electron chi connectivity index (χ1n) is 8.90. The van der Waals surface area contributed by atoms with Crippen molar-refractivity contribution in [1.82, 2.24) is 10.6 Å². The zero-order valence-electron chi connectivity index (χ0n) is 15.4. The number of benzene rings is 1. The van der Waals surface area contributed by atoms with Crippen LogP contribution in [0.5, 0.6) is 0 Å². The van der Waals surface area contributed by atoms with Crippen LogP contribution in [-0.2, 0) is 17.7 Å². The highest BCUT2D eigenvalue weighted by Gasteiger charge is 2.17. The molecule has 5 nitrogen and oxygen atoms in total. The Morgan fingerprint density at radius 1 is 1.38 bits per heavy atom. The number of fused-ring (bicyclic) bond motifs is 1. The molecule has 1 amide bonds. The average molecular weight is 333 g/mol. The predicted octanol–water partition coefficient (Wildman–Crippen LogP) is 3.44. The maximum atomic E-state index is 11.7. The van der Waals surface area contributed by atoms with Crippen LogP contribution in [0.15, 0.2) is 18.2 Å². The van der Waals surface area contributed by atoms with Gasteiger partial charge < -0.3 is 20.7 Å². The molecule has 1 aliphatic heterocycles. The lowest BCUT2D eigenvalue weighted by atomic mass is 9.99. The first-order valence-corrected chi connectivity index (χ1v) is 8.90. The van der Waals surface area contributed by atoms with E-state index in [1.54, 1.807) is 0 Å². The summed E-state index contributed by atoms with van der Waals surface area (Å²) in [4.78, 5) is 11.7. The Morgan fingerprint density at radius 2 is 2.17 bits per heavy atom. The van der Waals surface area contributed by atoms with Crippen LogP contribution in [-0.4, -0.2) is 30.8 Å². The number of ether oxygens (including phenoxy) is 1. The summed E-state index contributed by atoms with van der Waals surface area (Å²) in [5.74, 6) is 0. The van der Waals surface area contributed by atoms with Gasteiger partial charge in [0.1, 0.15) is 5.60 Å². The van der Waals surface area contributed by atoms with Gasteiger partial charge in [-0.2, -0.15) is 0 Å². The van der Waals surface area contributed by atoms with Crippen molar-refractivity contribution in [3.8, 4) is 0 Å². The normalized spacial score (nSPS) is 15.2. The van der Waals surface area contributed by atoms with Gasteiger partial charge in [0.25, 0.3) is 0 Å². The molecule has 0 spiro atoms. The summed E-state index contributed by atoms with van der Waals surface area (Å²) in [6, 6.07) is 6.59. The summed E-state index contributed by atoms with van der Waals surface area (Å²) in [5, 5.41) is 9.86. The Morgan fingerprint density at radius 3 is 2.92 bits per heavy atom. The van der Waals surface area contributed by atoms with Crippen LogP contribution >= 0.6 is 0 Å². The topological polar surface area (TPSA) is 62.4 Å². The lowest BCUT2D eigenvalue weighted by molar-refractivity contribution is 0.0506. The Hall–Kier alpha value is -1.75. The molecule has 0 saturated carbocycles. The molecule has 1 heterocycles. The molecule has 0 saturated heterocycles. The number of nitrogens with one attached hydrogen (secondary N) is 3. The number of alkyl carbamates (subject to hydrolysis) is 1.